The Kier molecular flexibility index (Phi) is 4.24. The molecule has 26 heavy (non-hydrogen) atoms. The Morgan fingerprint density at radius 1 is 0.962 bits per heavy atom. The lowest BCUT2D eigenvalue weighted by molar-refractivity contribution is -0.143. The molecule has 1 aliphatic rings. The minimum atomic E-state index is 0.00789. The van der Waals surface area contributed by atoms with Gasteiger partial charge in [0.05, 0.1) is 23.2 Å². The molecule has 0 N–H and O–H groups in total. The smallest absolute Gasteiger partial charge is 0.242 e. The van der Waals surface area contributed by atoms with E-state index in [2.05, 4.69) is 0 Å². The summed E-state index contributed by atoms with van der Waals surface area (Å²) in [5.74, 6) is 0.0472. The maximum absolute atomic E-state index is 13.0. The van der Waals surface area contributed by atoms with E-state index in [4.69, 9.17) is 4.74 Å². The molecule has 1 aliphatic heterocycles. The van der Waals surface area contributed by atoms with Crippen molar-refractivity contribution in [3.8, 4) is 0 Å². The molecule has 1 aromatic heterocycles. The second kappa shape index (κ2) is 6.57. The molecule has 5 heteroatoms. The molecule has 2 unspecified atom stereocenters. The van der Waals surface area contributed by atoms with E-state index in [0.29, 0.717) is 23.9 Å². The zero-order valence-electron chi connectivity index (χ0n) is 15.0. The number of carbonyl (C=O) groups is 1. The van der Waals surface area contributed by atoms with Gasteiger partial charge < -0.3 is 14.2 Å². The highest BCUT2D eigenvalue weighted by atomic mass is 16.5. The summed E-state index contributed by atoms with van der Waals surface area (Å²) in [6.45, 7) is 5.37. The molecule has 0 radical (unpaired) electrons. The van der Waals surface area contributed by atoms with Crippen molar-refractivity contribution in [2.45, 2.75) is 32.6 Å². The maximum Gasteiger partial charge on any atom is 0.242 e. The number of hydrogen-bond donors (Lipinski definition) is 0. The van der Waals surface area contributed by atoms with Gasteiger partial charge in [-0.1, -0.05) is 24.3 Å². The molecule has 3 aromatic rings. The number of carbonyl (C=O) groups excluding carboxylic acids is 1. The molecular weight excluding hydrogens is 328 g/mol. The van der Waals surface area contributed by atoms with Crippen molar-refractivity contribution in [1.29, 1.82) is 0 Å². The number of para-hydroxylation sites is 2. The molecule has 0 bridgehead atoms. The Morgan fingerprint density at radius 3 is 2.00 bits per heavy atom. The molecule has 5 nitrogen and oxygen atoms in total. The van der Waals surface area contributed by atoms with Crippen LogP contribution in [0.4, 0.5) is 0 Å². The Balaban J connectivity index is 1.81. The van der Waals surface area contributed by atoms with Crippen LogP contribution in [0.3, 0.4) is 0 Å². The summed E-state index contributed by atoms with van der Waals surface area (Å²) in [5.41, 5.74) is 1.59. The van der Waals surface area contributed by atoms with Crippen LogP contribution in [-0.4, -0.2) is 40.7 Å². The van der Waals surface area contributed by atoms with E-state index >= 15 is 0 Å². The highest BCUT2D eigenvalue weighted by Gasteiger charge is 2.26. The predicted molar refractivity (Wildman–Crippen MR) is 102 cm³/mol. The van der Waals surface area contributed by atoms with E-state index in [0.717, 1.165) is 11.0 Å². The molecule has 1 saturated heterocycles. The topological polar surface area (TPSA) is 51.5 Å². The number of morpholine rings is 1. The predicted octanol–water partition coefficient (Wildman–Crippen LogP) is 2.79. The number of pyridine rings is 1. The normalized spacial score (nSPS) is 20.6. The number of rotatable bonds is 2. The quantitative estimate of drug-likeness (QED) is 0.668. The lowest BCUT2D eigenvalue weighted by Crippen LogP contribution is -2.49. The van der Waals surface area contributed by atoms with Crippen LogP contribution in [0.15, 0.2) is 53.3 Å². The fourth-order valence-electron chi connectivity index (χ4n) is 3.86. The summed E-state index contributed by atoms with van der Waals surface area (Å²) in [4.78, 5) is 27.7. The molecule has 134 valence electrons. The van der Waals surface area contributed by atoms with Crippen molar-refractivity contribution < 1.29 is 9.53 Å². The first-order valence-corrected chi connectivity index (χ1v) is 8.98. The summed E-state index contributed by atoms with van der Waals surface area (Å²) < 4.78 is 7.69. The van der Waals surface area contributed by atoms with Crippen LogP contribution in [0, 0.1) is 0 Å². The first-order valence-electron chi connectivity index (χ1n) is 8.98. The summed E-state index contributed by atoms with van der Waals surface area (Å²) in [7, 11) is 0. The van der Waals surface area contributed by atoms with Crippen LogP contribution < -0.4 is 5.43 Å². The van der Waals surface area contributed by atoms with Crippen LogP contribution >= 0.6 is 0 Å². The number of aromatic nitrogens is 1. The van der Waals surface area contributed by atoms with Gasteiger partial charge in [-0.05, 0) is 38.1 Å². The third-order valence-electron chi connectivity index (χ3n) is 4.94. The van der Waals surface area contributed by atoms with E-state index in [9.17, 15) is 9.59 Å². The number of benzene rings is 2. The lowest BCUT2D eigenvalue weighted by atomic mass is 10.1. The standard InChI is InChI=1S/C21H22N2O3/c1-14-11-22(12-15(2)26-14)20(24)13-23-18-9-5-3-7-16(18)21(25)17-8-4-6-10-19(17)23/h3-10,14-15H,11-13H2,1-2H3. The third-order valence-corrected chi connectivity index (χ3v) is 4.94. The highest BCUT2D eigenvalue weighted by Crippen LogP contribution is 2.20. The third kappa shape index (κ3) is 2.88. The lowest BCUT2D eigenvalue weighted by Gasteiger charge is -2.35. The molecule has 2 aromatic carbocycles. The second-order valence-electron chi connectivity index (χ2n) is 7.01. The van der Waals surface area contributed by atoms with Gasteiger partial charge in [0.25, 0.3) is 0 Å². The van der Waals surface area contributed by atoms with Crippen LogP contribution in [-0.2, 0) is 16.1 Å². The molecule has 2 heterocycles. The Bertz CT molecular complexity index is 970. The summed E-state index contributed by atoms with van der Waals surface area (Å²) in [5, 5.41) is 1.28. The van der Waals surface area contributed by atoms with Gasteiger partial charge in [0.15, 0.2) is 5.43 Å². The zero-order valence-corrected chi connectivity index (χ0v) is 15.0. The summed E-state index contributed by atoms with van der Waals surface area (Å²) >= 11 is 0. The van der Waals surface area contributed by atoms with Crippen LogP contribution in [0.25, 0.3) is 21.8 Å². The molecule has 0 aliphatic carbocycles. The molecule has 0 saturated carbocycles. The molecule has 1 fully saturated rings. The SMILES string of the molecule is CC1CN(C(=O)Cn2c3ccccc3c(=O)c3ccccc32)CC(C)O1. The zero-order chi connectivity index (χ0) is 18.3. The minimum absolute atomic E-state index is 0.00789. The monoisotopic (exact) mass is 350 g/mol. The number of nitrogens with zero attached hydrogens (tertiary/aromatic N) is 2. The van der Waals surface area contributed by atoms with Crippen LogP contribution in [0.2, 0.25) is 0 Å². The number of fused-ring (bicyclic) bond motifs is 2. The van der Waals surface area contributed by atoms with Crippen molar-refractivity contribution in [1.82, 2.24) is 9.47 Å². The number of hydrogen-bond acceptors (Lipinski definition) is 3. The molecular formula is C21H22N2O3. The second-order valence-corrected chi connectivity index (χ2v) is 7.01. The van der Waals surface area contributed by atoms with E-state index in [-0.39, 0.29) is 30.1 Å². The number of ether oxygens (including phenoxy) is 1. The summed E-state index contributed by atoms with van der Waals surface area (Å²) in [6.07, 6.45) is 0.0652. The highest BCUT2D eigenvalue weighted by molar-refractivity contribution is 5.94. The largest absolute Gasteiger partial charge is 0.372 e. The van der Waals surface area contributed by atoms with Gasteiger partial charge in [0, 0.05) is 23.9 Å². The van der Waals surface area contributed by atoms with Gasteiger partial charge in [0.2, 0.25) is 5.91 Å². The van der Waals surface area contributed by atoms with Crippen molar-refractivity contribution in [2.24, 2.45) is 0 Å². The first kappa shape index (κ1) is 16.8. The van der Waals surface area contributed by atoms with Crippen molar-refractivity contribution in [3.63, 3.8) is 0 Å². The van der Waals surface area contributed by atoms with Gasteiger partial charge >= 0.3 is 0 Å². The van der Waals surface area contributed by atoms with E-state index in [1.165, 1.54) is 0 Å². The van der Waals surface area contributed by atoms with E-state index < -0.39 is 0 Å². The molecule has 1 amide bonds. The summed E-state index contributed by atoms with van der Waals surface area (Å²) in [6, 6.07) is 15.0. The van der Waals surface area contributed by atoms with Gasteiger partial charge in [-0.2, -0.15) is 0 Å². The first-order chi connectivity index (χ1) is 12.5. The fourth-order valence-corrected chi connectivity index (χ4v) is 3.86. The average Bonchev–Trinajstić information content (AvgIpc) is 2.64. The van der Waals surface area contributed by atoms with Crippen molar-refractivity contribution in [3.05, 3.63) is 58.8 Å². The minimum Gasteiger partial charge on any atom is -0.372 e. The van der Waals surface area contributed by atoms with Gasteiger partial charge in [-0.3, -0.25) is 9.59 Å². The van der Waals surface area contributed by atoms with Crippen molar-refractivity contribution in [2.75, 3.05) is 13.1 Å². The molecule has 0 spiro atoms. The molecule has 2 atom stereocenters. The van der Waals surface area contributed by atoms with Crippen LogP contribution in [0.5, 0.6) is 0 Å². The van der Waals surface area contributed by atoms with Gasteiger partial charge in [0.1, 0.15) is 6.54 Å². The van der Waals surface area contributed by atoms with E-state index in [1.807, 2.05) is 71.8 Å². The van der Waals surface area contributed by atoms with Crippen LogP contribution in [0.1, 0.15) is 13.8 Å². The van der Waals surface area contributed by atoms with Gasteiger partial charge in [-0.25, -0.2) is 0 Å². The van der Waals surface area contributed by atoms with Gasteiger partial charge in [-0.15, -0.1) is 0 Å². The fraction of sp³-hybridized carbons (Fsp3) is 0.333. The number of amides is 1. The van der Waals surface area contributed by atoms with Crippen molar-refractivity contribution >= 4 is 27.7 Å². The maximum atomic E-state index is 13.0. The Hall–Kier alpha value is -2.66. The Labute approximate surface area is 151 Å². The Morgan fingerprint density at radius 2 is 1.46 bits per heavy atom. The average molecular weight is 350 g/mol. The van der Waals surface area contributed by atoms with E-state index in [1.54, 1.807) is 0 Å². The molecule has 4 rings (SSSR count).